The Morgan fingerprint density at radius 1 is 1.00 bits per heavy atom. The fourth-order valence-electron chi connectivity index (χ4n) is 3.09. The van der Waals surface area contributed by atoms with E-state index in [1.165, 1.54) is 0 Å². The lowest BCUT2D eigenvalue weighted by Crippen LogP contribution is -2.19. The summed E-state index contributed by atoms with van der Waals surface area (Å²) in [5, 5.41) is 14.2. The van der Waals surface area contributed by atoms with Crippen LogP contribution < -0.4 is 15.5 Å². The van der Waals surface area contributed by atoms with Crippen molar-refractivity contribution in [3.8, 4) is 11.1 Å². The molecule has 1 aromatic heterocycles. The maximum absolute atomic E-state index is 12.5. The van der Waals surface area contributed by atoms with Crippen LogP contribution in [0.25, 0.3) is 22.0 Å². The molecule has 4 aromatic rings. The van der Waals surface area contributed by atoms with Crippen LogP contribution in [0.2, 0.25) is 5.02 Å². The van der Waals surface area contributed by atoms with E-state index in [0.29, 0.717) is 16.5 Å². The summed E-state index contributed by atoms with van der Waals surface area (Å²) in [5.41, 5.74) is 4.38. The molecule has 0 bridgehead atoms. The highest BCUT2D eigenvalue weighted by Gasteiger charge is 2.13. The monoisotopic (exact) mass is 405 g/mol. The lowest BCUT2D eigenvalue weighted by atomic mass is 10.0. The van der Waals surface area contributed by atoms with Gasteiger partial charge in [0.25, 0.3) is 0 Å². The predicted octanol–water partition coefficient (Wildman–Crippen LogP) is 5.59. The standard InChI is InChI=1S/C22H20ClN5O/c1-28(2)16-10-8-15(9-11-16)24-22(29)25-21-18-12-17(14-6-4-3-5-7-14)19(23)13-20(18)26-27-21/h3-13H,1-2H3,(H3,24,25,26,27,29). The number of carbonyl (C=O) groups is 1. The predicted molar refractivity (Wildman–Crippen MR) is 120 cm³/mol. The lowest BCUT2D eigenvalue weighted by molar-refractivity contribution is 0.262. The molecule has 29 heavy (non-hydrogen) atoms. The van der Waals surface area contributed by atoms with E-state index in [2.05, 4.69) is 20.8 Å². The highest BCUT2D eigenvalue weighted by molar-refractivity contribution is 6.34. The summed E-state index contributed by atoms with van der Waals surface area (Å²) < 4.78 is 0. The molecule has 146 valence electrons. The zero-order valence-corrected chi connectivity index (χ0v) is 16.8. The van der Waals surface area contributed by atoms with Crippen LogP contribution >= 0.6 is 11.6 Å². The Morgan fingerprint density at radius 2 is 1.72 bits per heavy atom. The Balaban J connectivity index is 1.57. The van der Waals surface area contributed by atoms with Gasteiger partial charge in [0, 0.05) is 36.4 Å². The van der Waals surface area contributed by atoms with Crippen LogP contribution in [0.1, 0.15) is 0 Å². The molecular weight excluding hydrogens is 386 g/mol. The number of carbonyl (C=O) groups excluding carboxylic acids is 1. The van der Waals surface area contributed by atoms with Gasteiger partial charge in [-0.05, 0) is 42.0 Å². The van der Waals surface area contributed by atoms with Gasteiger partial charge in [0.1, 0.15) is 0 Å². The molecule has 0 radical (unpaired) electrons. The van der Waals surface area contributed by atoms with E-state index in [1.54, 1.807) is 0 Å². The van der Waals surface area contributed by atoms with Gasteiger partial charge < -0.3 is 10.2 Å². The highest BCUT2D eigenvalue weighted by Crippen LogP contribution is 2.34. The topological polar surface area (TPSA) is 73.1 Å². The molecule has 0 fully saturated rings. The fourth-order valence-corrected chi connectivity index (χ4v) is 3.36. The number of benzene rings is 3. The second-order valence-corrected chi connectivity index (χ2v) is 7.24. The Bertz CT molecular complexity index is 1150. The molecule has 0 aliphatic carbocycles. The van der Waals surface area contributed by atoms with Gasteiger partial charge in [-0.1, -0.05) is 41.9 Å². The van der Waals surface area contributed by atoms with Crippen molar-refractivity contribution in [3.05, 3.63) is 71.8 Å². The van der Waals surface area contributed by atoms with Gasteiger partial charge in [-0.2, -0.15) is 5.10 Å². The number of H-pyrrole nitrogens is 1. The van der Waals surface area contributed by atoms with Crippen LogP contribution in [0.5, 0.6) is 0 Å². The van der Waals surface area contributed by atoms with Crippen LogP contribution in [-0.4, -0.2) is 30.3 Å². The molecule has 0 spiro atoms. The molecule has 7 heteroatoms. The third-order valence-corrected chi connectivity index (χ3v) is 4.92. The van der Waals surface area contributed by atoms with E-state index >= 15 is 0 Å². The van der Waals surface area contributed by atoms with Crippen LogP contribution in [0.15, 0.2) is 66.7 Å². The van der Waals surface area contributed by atoms with Crippen molar-refractivity contribution in [2.75, 3.05) is 29.6 Å². The molecule has 3 N–H and O–H groups in total. The summed E-state index contributed by atoms with van der Waals surface area (Å²) in [5.74, 6) is 0.441. The summed E-state index contributed by atoms with van der Waals surface area (Å²) in [6, 6.07) is 20.8. The van der Waals surface area contributed by atoms with Gasteiger partial charge >= 0.3 is 6.03 Å². The van der Waals surface area contributed by atoms with Crippen molar-refractivity contribution >= 4 is 45.7 Å². The number of hydrogen-bond acceptors (Lipinski definition) is 3. The molecule has 0 unspecified atom stereocenters. The first-order chi connectivity index (χ1) is 14.0. The van der Waals surface area contributed by atoms with Crippen LogP contribution in [-0.2, 0) is 0 Å². The second-order valence-electron chi connectivity index (χ2n) is 6.84. The Labute approximate surface area is 173 Å². The third kappa shape index (κ3) is 4.02. The molecule has 0 aliphatic rings. The quantitative estimate of drug-likeness (QED) is 0.414. The third-order valence-electron chi connectivity index (χ3n) is 4.61. The maximum Gasteiger partial charge on any atom is 0.324 e. The molecular formula is C22H20ClN5O. The molecule has 0 saturated heterocycles. The van der Waals surface area contributed by atoms with E-state index < -0.39 is 0 Å². The summed E-state index contributed by atoms with van der Waals surface area (Å²) in [4.78, 5) is 14.4. The van der Waals surface area contributed by atoms with E-state index in [1.807, 2.05) is 85.7 Å². The first kappa shape index (κ1) is 18.8. The molecule has 2 amide bonds. The number of rotatable bonds is 4. The molecule has 3 aromatic carbocycles. The van der Waals surface area contributed by atoms with Gasteiger partial charge in [-0.3, -0.25) is 10.4 Å². The second kappa shape index (κ2) is 7.85. The van der Waals surface area contributed by atoms with Crippen LogP contribution in [0.3, 0.4) is 0 Å². The minimum Gasteiger partial charge on any atom is -0.378 e. The molecule has 0 aliphatic heterocycles. The normalized spacial score (nSPS) is 10.7. The summed E-state index contributed by atoms with van der Waals surface area (Å²) in [6.45, 7) is 0. The number of nitrogens with zero attached hydrogens (tertiary/aromatic N) is 2. The Morgan fingerprint density at radius 3 is 2.41 bits per heavy atom. The summed E-state index contributed by atoms with van der Waals surface area (Å²) in [7, 11) is 3.93. The van der Waals surface area contributed by atoms with E-state index in [4.69, 9.17) is 11.6 Å². The average molecular weight is 406 g/mol. The number of aromatic nitrogens is 2. The van der Waals surface area contributed by atoms with E-state index in [-0.39, 0.29) is 6.03 Å². The highest BCUT2D eigenvalue weighted by atomic mass is 35.5. The number of aromatic amines is 1. The Kier molecular flexibility index (Phi) is 5.10. The fraction of sp³-hybridized carbons (Fsp3) is 0.0909. The van der Waals surface area contributed by atoms with Crippen molar-refractivity contribution in [2.24, 2.45) is 0 Å². The minimum absolute atomic E-state index is 0.368. The van der Waals surface area contributed by atoms with Gasteiger partial charge in [-0.15, -0.1) is 0 Å². The first-order valence-corrected chi connectivity index (χ1v) is 9.47. The molecule has 0 atom stereocenters. The van der Waals surface area contributed by atoms with Gasteiger partial charge in [0.05, 0.1) is 10.5 Å². The van der Waals surface area contributed by atoms with Gasteiger partial charge in [-0.25, -0.2) is 4.79 Å². The van der Waals surface area contributed by atoms with Crippen molar-refractivity contribution in [1.82, 2.24) is 10.2 Å². The number of amides is 2. The van der Waals surface area contributed by atoms with Crippen molar-refractivity contribution in [1.29, 1.82) is 0 Å². The van der Waals surface area contributed by atoms with Gasteiger partial charge in [0.2, 0.25) is 0 Å². The molecule has 4 rings (SSSR count). The number of urea groups is 1. The van der Waals surface area contributed by atoms with Crippen molar-refractivity contribution in [3.63, 3.8) is 0 Å². The number of halogens is 1. The largest absolute Gasteiger partial charge is 0.378 e. The summed E-state index contributed by atoms with van der Waals surface area (Å²) in [6.07, 6.45) is 0. The van der Waals surface area contributed by atoms with E-state index in [0.717, 1.165) is 27.7 Å². The number of anilines is 3. The molecule has 1 heterocycles. The van der Waals surface area contributed by atoms with Crippen LogP contribution in [0.4, 0.5) is 22.0 Å². The number of fused-ring (bicyclic) bond motifs is 1. The van der Waals surface area contributed by atoms with E-state index in [9.17, 15) is 4.79 Å². The molecule has 0 saturated carbocycles. The van der Waals surface area contributed by atoms with Crippen LogP contribution in [0, 0.1) is 0 Å². The van der Waals surface area contributed by atoms with Crippen molar-refractivity contribution < 1.29 is 4.79 Å². The molecule has 6 nitrogen and oxygen atoms in total. The Hall–Kier alpha value is -3.51. The lowest BCUT2D eigenvalue weighted by Gasteiger charge is -2.13. The first-order valence-electron chi connectivity index (χ1n) is 9.10. The number of nitrogens with one attached hydrogen (secondary N) is 3. The van der Waals surface area contributed by atoms with Crippen molar-refractivity contribution in [2.45, 2.75) is 0 Å². The van der Waals surface area contributed by atoms with Gasteiger partial charge in [0.15, 0.2) is 5.82 Å². The summed E-state index contributed by atoms with van der Waals surface area (Å²) >= 11 is 6.44. The number of hydrogen-bond donors (Lipinski definition) is 3. The SMILES string of the molecule is CN(C)c1ccc(NC(=O)Nc2n[nH]c3cc(Cl)c(-c4ccccc4)cc23)cc1. The minimum atomic E-state index is -0.368. The maximum atomic E-state index is 12.5. The zero-order chi connectivity index (χ0) is 20.4. The average Bonchev–Trinajstić information content (AvgIpc) is 3.09. The smallest absolute Gasteiger partial charge is 0.324 e. The zero-order valence-electron chi connectivity index (χ0n) is 16.0.